The summed E-state index contributed by atoms with van der Waals surface area (Å²) in [5.74, 6) is -0.280. The SMILES string of the molecule is CC1(C)C2CCC1(CS(=O)(=O)[O-])C(=O)C2.Cc1cc(C)c([S+](c2c(C)cc(C)cc2C)c2c(C)cc(C)cc2C)c(C)c1. The van der Waals surface area contributed by atoms with Gasteiger partial charge in [0.1, 0.15) is 16.7 Å². The third-order valence-electron chi connectivity index (χ3n) is 9.99. The topological polar surface area (TPSA) is 74.3 Å². The number of rotatable bonds is 5. The molecule has 0 spiro atoms. The first kappa shape index (κ1) is 33.5. The van der Waals surface area contributed by atoms with Crippen LogP contribution in [0.15, 0.2) is 51.1 Å². The van der Waals surface area contributed by atoms with Crippen LogP contribution < -0.4 is 0 Å². The van der Waals surface area contributed by atoms with E-state index in [9.17, 15) is 17.8 Å². The standard InChI is InChI=1S/C27H33S.C10H16O4S/c1-16-10-19(4)25(20(5)11-16)28(26-21(6)12-17(2)13-22(26)7)27-23(8)14-18(3)15-24(27)9;1-9(2)7-3-4-10(9,8(11)5-7)6-15(12,13)14/h10-15H,1-9H3;7H,3-6H2,1-2H3,(H,12,13,14)/q+1;/p-1. The van der Waals surface area contributed by atoms with Gasteiger partial charge in [0.25, 0.3) is 0 Å². The molecule has 0 amide bonds. The molecule has 0 aliphatic heterocycles. The fourth-order valence-corrected chi connectivity index (χ4v) is 12.4. The minimum Gasteiger partial charge on any atom is -0.748 e. The van der Waals surface area contributed by atoms with Crippen molar-refractivity contribution in [3.63, 3.8) is 0 Å². The highest BCUT2D eigenvalue weighted by Crippen LogP contribution is 2.64. The van der Waals surface area contributed by atoms with E-state index in [0.29, 0.717) is 12.8 Å². The van der Waals surface area contributed by atoms with Crippen LogP contribution >= 0.6 is 0 Å². The van der Waals surface area contributed by atoms with E-state index in [1.165, 1.54) is 64.8 Å². The minimum absolute atomic E-state index is 0.0248. The van der Waals surface area contributed by atoms with E-state index in [1.807, 2.05) is 13.8 Å². The van der Waals surface area contributed by atoms with Gasteiger partial charge < -0.3 is 4.55 Å². The molecule has 232 valence electrons. The first-order chi connectivity index (χ1) is 19.8. The molecule has 0 radical (unpaired) electrons. The summed E-state index contributed by atoms with van der Waals surface area (Å²) in [7, 11) is -4.44. The maximum atomic E-state index is 11.8. The average molecular weight is 621 g/mol. The first-order valence-corrected chi connectivity index (χ1v) is 18.0. The average Bonchev–Trinajstić information content (AvgIpc) is 3.15. The van der Waals surface area contributed by atoms with Crippen LogP contribution in [0.4, 0.5) is 0 Å². The van der Waals surface area contributed by atoms with E-state index in [-0.39, 0.29) is 28.0 Å². The zero-order valence-corrected chi connectivity index (χ0v) is 29.5. The fraction of sp³-hybridized carbons (Fsp3) is 0.486. The Bertz CT molecular complexity index is 1490. The number of Topliss-reactive ketones (excluding diaryl/α,β-unsaturated/α-hetero) is 1. The molecule has 0 N–H and O–H groups in total. The van der Waals surface area contributed by atoms with Crippen LogP contribution in [-0.2, 0) is 25.8 Å². The summed E-state index contributed by atoms with van der Waals surface area (Å²) >= 11 is 0. The first-order valence-electron chi connectivity index (χ1n) is 15.2. The third-order valence-corrected chi connectivity index (χ3v) is 14.0. The Labute approximate surface area is 262 Å². The summed E-state index contributed by atoms with van der Waals surface area (Å²) in [4.78, 5) is 16.3. The van der Waals surface area contributed by atoms with Crippen molar-refractivity contribution in [1.29, 1.82) is 0 Å². The van der Waals surface area contributed by atoms with E-state index < -0.39 is 21.3 Å². The number of hydrogen-bond acceptors (Lipinski definition) is 4. The van der Waals surface area contributed by atoms with E-state index in [4.69, 9.17) is 0 Å². The largest absolute Gasteiger partial charge is 0.748 e. The molecule has 2 atom stereocenters. The van der Waals surface area contributed by atoms with Crippen LogP contribution in [0.5, 0.6) is 0 Å². The molecule has 2 aliphatic carbocycles. The van der Waals surface area contributed by atoms with Crippen LogP contribution in [0.2, 0.25) is 0 Å². The number of ketones is 1. The van der Waals surface area contributed by atoms with Crippen molar-refractivity contribution in [2.75, 3.05) is 5.75 Å². The van der Waals surface area contributed by atoms with Gasteiger partial charge in [-0.2, -0.15) is 0 Å². The Hall–Kier alpha value is -2.41. The summed E-state index contributed by atoms with van der Waals surface area (Å²) in [6, 6.07) is 14.1. The normalized spacial score (nSPS) is 20.9. The summed E-state index contributed by atoms with van der Waals surface area (Å²) in [6.07, 6.45) is 1.88. The Morgan fingerprint density at radius 3 is 1.26 bits per heavy atom. The number of fused-ring (bicyclic) bond motifs is 2. The molecular formula is C37H48O4S2. The van der Waals surface area contributed by atoms with Gasteiger partial charge in [-0.25, -0.2) is 8.42 Å². The lowest BCUT2D eigenvalue weighted by Gasteiger charge is -2.37. The van der Waals surface area contributed by atoms with Gasteiger partial charge in [-0.1, -0.05) is 66.9 Å². The van der Waals surface area contributed by atoms with Crippen molar-refractivity contribution in [1.82, 2.24) is 0 Å². The van der Waals surface area contributed by atoms with Crippen molar-refractivity contribution < 1.29 is 17.8 Å². The second-order valence-electron chi connectivity index (χ2n) is 13.9. The lowest BCUT2D eigenvalue weighted by molar-refractivity contribution is -0.128. The molecule has 0 aromatic heterocycles. The van der Waals surface area contributed by atoms with Gasteiger partial charge in [0.15, 0.2) is 14.7 Å². The predicted octanol–water partition coefficient (Wildman–Crippen LogP) is 8.48. The van der Waals surface area contributed by atoms with Gasteiger partial charge in [-0.3, -0.25) is 4.79 Å². The maximum Gasteiger partial charge on any atom is 0.172 e. The van der Waals surface area contributed by atoms with Crippen LogP contribution in [0.3, 0.4) is 0 Å². The number of hydrogen-bond donors (Lipinski definition) is 0. The van der Waals surface area contributed by atoms with Crippen LogP contribution in [0.1, 0.15) is 83.2 Å². The molecule has 4 nitrogen and oxygen atoms in total. The molecule has 0 saturated heterocycles. The van der Waals surface area contributed by atoms with E-state index in [0.717, 1.165) is 6.42 Å². The molecule has 3 aromatic carbocycles. The predicted molar refractivity (Wildman–Crippen MR) is 177 cm³/mol. The molecule has 3 aromatic rings. The molecule has 5 rings (SSSR count). The monoisotopic (exact) mass is 620 g/mol. The Kier molecular flexibility index (Phi) is 9.21. The molecule has 2 bridgehead atoms. The van der Waals surface area contributed by atoms with Gasteiger partial charge in [-0.15, -0.1) is 0 Å². The molecule has 6 heteroatoms. The van der Waals surface area contributed by atoms with E-state index in [2.05, 4.69) is 98.7 Å². The van der Waals surface area contributed by atoms with Crippen molar-refractivity contribution in [3.8, 4) is 0 Å². The Balaban J connectivity index is 0.000000237. The highest BCUT2D eigenvalue weighted by atomic mass is 32.2. The molecular weight excluding hydrogens is 573 g/mol. The van der Waals surface area contributed by atoms with Crippen molar-refractivity contribution >= 4 is 26.8 Å². The second kappa shape index (κ2) is 11.8. The smallest absolute Gasteiger partial charge is 0.172 e. The van der Waals surface area contributed by atoms with Gasteiger partial charge >= 0.3 is 0 Å². The van der Waals surface area contributed by atoms with Crippen LogP contribution in [0.25, 0.3) is 0 Å². The zero-order chi connectivity index (χ0) is 32.2. The molecule has 43 heavy (non-hydrogen) atoms. The van der Waals surface area contributed by atoms with Crippen LogP contribution in [-0.4, -0.2) is 24.5 Å². The molecule has 0 heterocycles. The van der Waals surface area contributed by atoms with Gasteiger partial charge in [0, 0.05) is 45.2 Å². The Morgan fingerprint density at radius 1 is 0.698 bits per heavy atom. The highest BCUT2D eigenvalue weighted by molar-refractivity contribution is 7.97. The number of carbonyl (C=O) groups excluding carboxylic acids is 1. The summed E-state index contributed by atoms with van der Waals surface area (Å²) < 4.78 is 32.7. The van der Waals surface area contributed by atoms with Crippen molar-refractivity contribution in [3.05, 3.63) is 86.5 Å². The lowest BCUT2D eigenvalue weighted by Crippen LogP contribution is -2.42. The minimum atomic E-state index is -4.33. The lowest BCUT2D eigenvalue weighted by atomic mass is 9.70. The zero-order valence-electron chi connectivity index (χ0n) is 27.8. The van der Waals surface area contributed by atoms with Crippen LogP contribution in [0, 0.1) is 79.1 Å². The molecule has 2 aliphatic rings. The van der Waals surface area contributed by atoms with Gasteiger partial charge in [0.05, 0.1) is 15.9 Å². The number of aryl methyl sites for hydroxylation is 9. The number of benzene rings is 3. The van der Waals surface area contributed by atoms with Gasteiger partial charge in [0.2, 0.25) is 0 Å². The third kappa shape index (κ3) is 6.25. The van der Waals surface area contributed by atoms with E-state index >= 15 is 0 Å². The fourth-order valence-electron chi connectivity index (χ4n) is 8.18. The molecule has 2 fully saturated rings. The summed E-state index contributed by atoms with van der Waals surface area (Å²) in [5, 5.41) is 0. The summed E-state index contributed by atoms with van der Waals surface area (Å²) in [6.45, 7) is 24.1. The quantitative estimate of drug-likeness (QED) is 0.212. The van der Waals surface area contributed by atoms with Crippen molar-refractivity contribution in [2.45, 2.75) is 110 Å². The van der Waals surface area contributed by atoms with E-state index in [1.54, 1.807) is 0 Å². The Morgan fingerprint density at radius 2 is 1.02 bits per heavy atom. The molecule has 2 saturated carbocycles. The van der Waals surface area contributed by atoms with Crippen molar-refractivity contribution in [2.24, 2.45) is 16.7 Å². The highest BCUT2D eigenvalue weighted by Gasteiger charge is 2.64. The number of carbonyl (C=O) groups is 1. The van der Waals surface area contributed by atoms with Gasteiger partial charge in [-0.05, 0) is 86.5 Å². The maximum absolute atomic E-state index is 11.8. The molecule has 2 unspecified atom stereocenters. The second-order valence-corrected chi connectivity index (χ2v) is 17.1. The summed E-state index contributed by atoms with van der Waals surface area (Å²) in [5.41, 5.74) is 11.2.